The topological polar surface area (TPSA) is 99.2 Å². The van der Waals surface area contributed by atoms with Crippen LogP contribution in [0.4, 0.5) is 0 Å². The van der Waals surface area contributed by atoms with Gasteiger partial charge in [-0.15, -0.1) is 24.0 Å². The Balaban J connectivity index is 0.00000225. The van der Waals surface area contributed by atoms with Crippen molar-refractivity contribution in [3.8, 4) is 0 Å². The molecule has 1 aromatic heterocycles. The van der Waals surface area contributed by atoms with Crippen LogP contribution in [0.5, 0.6) is 0 Å². The van der Waals surface area contributed by atoms with Gasteiger partial charge in [-0.2, -0.15) is 0 Å². The minimum atomic E-state index is -2.89. The van der Waals surface area contributed by atoms with Crippen LogP contribution in [0.15, 0.2) is 29.3 Å². The highest BCUT2D eigenvalue weighted by molar-refractivity contribution is 14.0. The molecule has 138 valence electrons. The third-order valence-corrected chi connectivity index (χ3v) is 5.74. The van der Waals surface area contributed by atoms with Crippen molar-refractivity contribution in [1.29, 1.82) is 0 Å². The zero-order valence-electron chi connectivity index (χ0n) is 14.2. The lowest BCUT2D eigenvalue weighted by molar-refractivity contribution is 0.599. The van der Waals surface area contributed by atoms with Gasteiger partial charge >= 0.3 is 0 Å². The number of nitrogens with one attached hydrogen (secondary N) is 3. The number of aromatic amines is 1. The van der Waals surface area contributed by atoms with Crippen LogP contribution in [0, 0.1) is 0 Å². The molecule has 7 nitrogen and oxygen atoms in total. The van der Waals surface area contributed by atoms with E-state index in [4.69, 9.17) is 0 Å². The van der Waals surface area contributed by atoms with Crippen LogP contribution in [-0.4, -0.2) is 55.0 Å². The zero-order chi connectivity index (χ0) is 17.0. The standard InChI is InChI=1S/C16H23N5O2S.HI/c1-2-17-16(19-12-8-10-24(22,23)11-12)18-9-7-15-20-13-5-3-4-6-14(13)21-15;/h3-6,12H,2,7-11H2,1H3,(H,20,21)(H2,17,18,19);1H. The smallest absolute Gasteiger partial charge is 0.191 e. The molecule has 0 spiro atoms. The fourth-order valence-electron chi connectivity index (χ4n) is 2.82. The first kappa shape index (κ1) is 20.0. The Morgan fingerprint density at radius 3 is 2.88 bits per heavy atom. The molecule has 1 atom stereocenters. The summed E-state index contributed by atoms with van der Waals surface area (Å²) in [6.07, 6.45) is 1.34. The summed E-state index contributed by atoms with van der Waals surface area (Å²) in [6.45, 7) is 3.30. The number of rotatable bonds is 5. The van der Waals surface area contributed by atoms with Crippen molar-refractivity contribution in [3.63, 3.8) is 0 Å². The van der Waals surface area contributed by atoms with Crippen LogP contribution in [0.1, 0.15) is 19.2 Å². The third kappa shape index (κ3) is 5.56. The molecule has 1 saturated heterocycles. The number of para-hydroxylation sites is 2. The number of hydrogen-bond donors (Lipinski definition) is 3. The van der Waals surface area contributed by atoms with Crippen molar-refractivity contribution < 1.29 is 8.42 Å². The number of hydrogen-bond acceptors (Lipinski definition) is 4. The van der Waals surface area contributed by atoms with Crippen molar-refractivity contribution in [2.45, 2.75) is 25.8 Å². The van der Waals surface area contributed by atoms with Crippen LogP contribution >= 0.6 is 24.0 Å². The number of nitrogens with zero attached hydrogens (tertiary/aromatic N) is 2. The first-order valence-electron chi connectivity index (χ1n) is 8.24. The Morgan fingerprint density at radius 2 is 2.20 bits per heavy atom. The summed E-state index contributed by atoms with van der Waals surface area (Å²) in [5.74, 6) is 2.00. The van der Waals surface area contributed by atoms with E-state index in [1.165, 1.54) is 0 Å². The SMILES string of the molecule is CCNC(=NCCc1nc2ccccc2[nH]1)NC1CCS(=O)(=O)C1.I. The van der Waals surface area contributed by atoms with Gasteiger partial charge in [-0.05, 0) is 25.5 Å². The van der Waals surface area contributed by atoms with Gasteiger partial charge in [-0.25, -0.2) is 13.4 Å². The predicted molar refractivity (Wildman–Crippen MR) is 111 cm³/mol. The molecule has 0 aliphatic carbocycles. The molecule has 3 rings (SSSR count). The number of sulfone groups is 1. The first-order valence-corrected chi connectivity index (χ1v) is 10.1. The number of imidazole rings is 1. The summed E-state index contributed by atoms with van der Waals surface area (Å²) in [5, 5.41) is 6.38. The molecule has 1 aromatic carbocycles. The fourth-order valence-corrected chi connectivity index (χ4v) is 4.49. The highest BCUT2D eigenvalue weighted by Crippen LogP contribution is 2.12. The molecule has 1 aliphatic heterocycles. The maximum absolute atomic E-state index is 11.6. The molecular formula is C16H24IN5O2S. The number of fused-ring (bicyclic) bond motifs is 1. The van der Waals surface area contributed by atoms with Crippen LogP contribution in [0.3, 0.4) is 0 Å². The van der Waals surface area contributed by atoms with E-state index in [0.29, 0.717) is 25.3 Å². The van der Waals surface area contributed by atoms with Crippen LogP contribution in [0.25, 0.3) is 11.0 Å². The van der Waals surface area contributed by atoms with Gasteiger partial charge in [0.05, 0.1) is 22.5 Å². The summed E-state index contributed by atoms with van der Waals surface area (Å²) in [4.78, 5) is 12.3. The van der Waals surface area contributed by atoms with Gasteiger partial charge in [0.1, 0.15) is 5.82 Å². The van der Waals surface area contributed by atoms with E-state index in [0.717, 1.165) is 23.4 Å². The molecule has 3 N–H and O–H groups in total. The minimum absolute atomic E-state index is 0. The molecule has 2 heterocycles. The average Bonchev–Trinajstić information content (AvgIpc) is 3.09. The summed E-state index contributed by atoms with van der Waals surface area (Å²) < 4.78 is 23.1. The van der Waals surface area contributed by atoms with Gasteiger partial charge in [0.25, 0.3) is 0 Å². The molecule has 2 aromatic rings. The summed E-state index contributed by atoms with van der Waals surface area (Å²) in [7, 11) is -2.89. The zero-order valence-corrected chi connectivity index (χ0v) is 17.3. The van der Waals surface area contributed by atoms with Gasteiger partial charge in [-0.3, -0.25) is 4.99 Å². The lowest BCUT2D eigenvalue weighted by Crippen LogP contribution is -2.44. The van der Waals surface area contributed by atoms with E-state index in [9.17, 15) is 8.42 Å². The molecule has 0 radical (unpaired) electrons. The molecule has 0 amide bonds. The second-order valence-electron chi connectivity index (χ2n) is 5.96. The maximum Gasteiger partial charge on any atom is 0.191 e. The fraction of sp³-hybridized carbons (Fsp3) is 0.500. The normalized spacial score (nSPS) is 19.6. The van der Waals surface area contributed by atoms with Crippen molar-refractivity contribution in [2.24, 2.45) is 4.99 Å². The summed E-state index contributed by atoms with van der Waals surface area (Å²) in [6, 6.07) is 7.87. The number of benzene rings is 1. The first-order chi connectivity index (χ1) is 11.6. The van der Waals surface area contributed by atoms with Crippen LogP contribution < -0.4 is 10.6 Å². The van der Waals surface area contributed by atoms with E-state index in [2.05, 4.69) is 25.6 Å². The number of aliphatic imine (C=N–C) groups is 1. The Labute approximate surface area is 165 Å². The van der Waals surface area contributed by atoms with Gasteiger partial charge in [0, 0.05) is 25.6 Å². The second-order valence-corrected chi connectivity index (χ2v) is 8.18. The van der Waals surface area contributed by atoms with E-state index >= 15 is 0 Å². The lowest BCUT2D eigenvalue weighted by Gasteiger charge is -2.15. The molecule has 9 heteroatoms. The Morgan fingerprint density at radius 1 is 1.40 bits per heavy atom. The van der Waals surface area contributed by atoms with Crippen molar-refractivity contribution in [1.82, 2.24) is 20.6 Å². The monoisotopic (exact) mass is 477 g/mol. The molecule has 1 aliphatic rings. The van der Waals surface area contributed by atoms with Gasteiger partial charge in [0.15, 0.2) is 15.8 Å². The average molecular weight is 477 g/mol. The highest BCUT2D eigenvalue weighted by atomic mass is 127. The largest absolute Gasteiger partial charge is 0.357 e. The number of guanidine groups is 1. The number of aromatic nitrogens is 2. The van der Waals surface area contributed by atoms with Crippen molar-refractivity contribution in [2.75, 3.05) is 24.6 Å². The quantitative estimate of drug-likeness (QED) is 0.344. The Bertz CT molecular complexity index is 801. The van der Waals surface area contributed by atoms with Gasteiger partial charge in [-0.1, -0.05) is 12.1 Å². The molecule has 1 fully saturated rings. The molecule has 1 unspecified atom stereocenters. The number of halogens is 1. The molecule has 0 bridgehead atoms. The summed E-state index contributed by atoms with van der Waals surface area (Å²) in [5.41, 5.74) is 1.98. The third-order valence-electron chi connectivity index (χ3n) is 3.97. The molecule has 25 heavy (non-hydrogen) atoms. The Kier molecular flexibility index (Phi) is 7.05. The van der Waals surface area contributed by atoms with E-state index in [1.807, 2.05) is 31.2 Å². The second kappa shape index (κ2) is 8.84. The van der Waals surface area contributed by atoms with Crippen LogP contribution in [0.2, 0.25) is 0 Å². The number of H-pyrrole nitrogens is 1. The molecular weight excluding hydrogens is 453 g/mol. The van der Waals surface area contributed by atoms with Crippen molar-refractivity contribution in [3.05, 3.63) is 30.1 Å². The Hall–Kier alpha value is -1.36. The predicted octanol–water partition coefficient (Wildman–Crippen LogP) is 1.47. The van der Waals surface area contributed by atoms with Crippen molar-refractivity contribution >= 4 is 50.8 Å². The highest BCUT2D eigenvalue weighted by Gasteiger charge is 2.28. The molecule has 0 saturated carbocycles. The van der Waals surface area contributed by atoms with Gasteiger partial charge < -0.3 is 15.6 Å². The van der Waals surface area contributed by atoms with Gasteiger partial charge in [0.2, 0.25) is 0 Å². The van der Waals surface area contributed by atoms with Crippen LogP contribution in [-0.2, 0) is 16.3 Å². The van der Waals surface area contributed by atoms with E-state index in [-0.39, 0.29) is 41.5 Å². The lowest BCUT2D eigenvalue weighted by atomic mass is 10.3. The summed E-state index contributed by atoms with van der Waals surface area (Å²) >= 11 is 0. The maximum atomic E-state index is 11.6. The minimum Gasteiger partial charge on any atom is -0.357 e. The van der Waals surface area contributed by atoms with E-state index < -0.39 is 9.84 Å². The van der Waals surface area contributed by atoms with E-state index in [1.54, 1.807) is 0 Å².